The van der Waals surface area contributed by atoms with E-state index in [1.165, 1.54) is 18.2 Å². The Morgan fingerprint density at radius 3 is 2.60 bits per heavy atom. The van der Waals surface area contributed by atoms with Gasteiger partial charge in [-0.25, -0.2) is 12.8 Å². The van der Waals surface area contributed by atoms with Crippen LogP contribution in [0.1, 0.15) is 5.76 Å². The maximum absolute atomic E-state index is 13.2. The van der Waals surface area contributed by atoms with Gasteiger partial charge in [0.25, 0.3) is 10.0 Å². The molecule has 0 unspecified atom stereocenters. The minimum atomic E-state index is -3.92. The van der Waals surface area contributed by atoms with Crippen molar-refractivity contribution >= 4 is 47.6 Å². The minimum absolute atomic E-state index is 0.0398. The molecule has 0 aliphatic rings. The maximum Gasteiger partial charge on any atom is 0.266 e. The van der Waals surface area contributed by atoms with Gasteiger partial charge >= 0.3 is 0 Å². The Hall–Kier alpha value is -0.900. The first-order valence-electron chi connectivity index (χ1n) is 5.29. The molecule has 0 saturated carbocycles. The van der Waals surface area contributed by atoms with Gasteiger partial charge in [-0.1, -0.05) is 0 Å². The van der Waals surface area contributed by atoms with E-state index < -0.39 is 15.8 Å². The second kappa shape index (κ2) is 5.84. The van der Waals surface area contributed by atoms with Gasteiger partial charge in [0.05, 0.1) is 12.2 Å². The maximum atomic E-state index is 13.2. The minimum Gasteiger partial charge on any atom is -0.452 e. The molecule has 1 aromatic heterocycles. The zero-order valence-corrected chi connectivity index (χ0v) is 13.8. The summed E-state index contributed by atoms with van der Waals surface area (Å²) in [6, 6.07) is 4.99. The SMILES string of the molecule is NCc1cc(S(=O)(=O)Nc2cc(F)ccc2Br)c(Br)o1. The fourth-order valence-electron chi connectivity index (χ4n) is 1.46. The number of nitrogens with one attached hydrogen (secondary N) is 1. The van der Waals surface area contributed by atoms with E-state index in [2.05, 4.69) is 36.6 Å². The second-order valence-corrected chi connectivity index (χ2v) is 7.01. The fourth-order valence-corrected chi connectivity index (χ4v) is 4.00. The lowest BCUT2D eigenvalue weighted by atomic mass is 10.3. The van der Waals surface area contributed by atoms with Crippen LogP contribution in [0.4, 0.5) is 10.1 Å². The first kappa shape index (κ1) is 15.5. The zero-order chi connectivity index (χ0) is 14.9. The van der Waals surface area contributed by atoms with Crippen LogP contribution in [-0.2, 0) is 16.6 Å². The lowest BCUT2D eigenvalue weighted by Crippen LogP contribution is -2.13. The Morgan fingerprint density at radius 2 is 2.00 bits per heavy atom. The van der Waals surface area contributed by atoms with E-state index in [0.29, 0.717) is 10.2 Å². The molecule has 0 fully saturated rings. The smallest absolute Gasteiger partial charge is 0.266 e. The van der Waals surface area contributed by atoms with E-state index in [9.17, 15) is 12.8 Å². The van der Waals surface area contributed by atoms with Crippen LogP contribution in [0.2, 0.25) is 0 Å². The molecule has 0 bridgehead atoms. The third kappa shape index (κ3) is 3.22. The number of anilines is 1. The van der Waals surface area contributed by atoms with Crippen LogP contribution >= 0.6 is 31.9 Å². The van der Waals surface area contributed by atoms with Crippen LogP contribution in [0.3, 0.4) is 0 Å². The average Bonchev–Trinajstić information content (AvgIpc) is 2.76. The quantitative estimate of drug-likeness (QED) is 0.784. The molecule has 2 aromatic rings. The van der Waals surface area contributed by atoms with Crippen LogP contribution < -0.4 is 10.5 Å². The summed E-state index contributed by atoms with van der Waals surface area (Å²) in [5.74, 6) is -0.240. The fraction of sp³-hybridized carbons (Fsp3) is 0.0909. The van der Waals surface area contributed by atoms with Crippen LogP contribution in [-0.4, -0.2) is 8.42 Å². The highest BCUT2D eigenvalue weighted by Crippen LogP contribution is 2.30. The van der Waals surface area contributed by atoms with Crippen molar-refractivity contribution in [2.45, 2.75) is 11.4 Å². The molecule has 0 aliphatic heterocycles. The Bertz CT molecular complexity index is 746. The van der Waals surface area contributed by atoms with E-state index in [1.807, 2.05) is 0 Å². The highest BCUT2D eigenvalue weighted by Gasteiger charge is 2.23. The first-order valence-corrected chi connectivity index (χ1v) is 8.36. The van der Waals surface area contributed by atoms with Gasteiger partial charge in [0.15, 0.2) is 4.67 Å². The Balaban J connectivity index is 2.40. The predicted molar refractivity (Wildman–Crippen MR) is 79.2 cm³/mol. The van der Waals surface area contributed by atoms with Gasteiger partial charge in [-0.2, -0.15) is 0 Å². The summed E-state index contributed by atoms with van der Waals surface area (Å²) in [4.78, 5) is -0.103. The van der Waals surface area contributed by atoms with E-state index in [0.717, 1.165) is 6.07 Å². The molecule has 5 nitrogen and oxygen atoms in total. The number of nitrogens with two attached hydrogens (primary N) is 1. The van der Waals surface area contributed by atoms with Crippen LogP contribution in [0.25, 0.3) is 0 Å². The highest BCUT2D eigenvalue weighted by atomic mass is 79.9. The number of benzene rings is 1. The van der Waals surface area contributed by atoms with Crippen LogP contribution in [0.5, 0.6) is 0 Å². The molecule has 0 atom stereocenters. The summed E-state index contributed by atoms with van der Waals surface area (Å²) >= 11 is 6.16. The van der Waals surface area contributed by atoms with Crippen molar-refractivity contribution in [1.29, 1.82) is 0 Å². The summed E-state index contributed by atoms with van der Waals surface area (Å²) in [7, 11) is -3.92. The van der Waals surface area contributed by atoms with Crippen molar-refractivity contribution in [1.82, 2.24) is 0 Å². The topological polar surface area (TPSA) is 85.3 Å². The van der Waals surface area contributed by atoms with Crippen molar-refractivity contribution in [3.8, 4) is 0 Å². The van der Waals surface area contributed by atoms with Crippen molar-refractivity contribution in [3.63, 3.8) is 0 Å². The van der Waals surface area contributed by atoms with E-state index in [1.54, 1.807) is 0 Å². The molecule has 0 radical (unpaired) electrons. The second-order valence-electron chi connectivity index (χ2n) is 3.78. The molecule has 0 aliphatic carbocycles. The van der Waals surface area contributed by atoms with Gasteiger partial charge in [-0.3, -0.25) is 4.72 Å². The van der Waals surface area contributed by atoms with Gasteiger partial charge in [0.1, 0.15) is 16.5 Å². The Morgan fingerprint density at radius 1 is 1.30 bits per heavy atom. The molecule has 2 rings (SSSR count). The molecule has 20 heavy (non-hydrogen) atoms. The van der Waals surface area contributed by atoms with Gasteiger partial charge in [0.2, 0.25) is 0 Å². The molecule has 3 N–H and O–H groups in total. The summed E-state index contributed by atoms with van der Waals surface area (Å²) in [5.41, 5.74) is 5.48. The third-order valence-corrected chi connectivity index (χ3v) is 5.28. The van der Waals surface area contributed by atoms with Gasteiger partial charge in [-0.15, -0.1) is 0 Å². The van der Waals surface area contributed by atoms with Gasteiger partial charge in [0, 0.05) is 10.5 Å². The molecule has 1 aromatic carbocycles. The summed E-state index contributed by atoms with van der Waals surface area (Å²) in [6.45, 7) is 0.0672. The van der Waals surface area contributed by atoms with Crippen molar-refractivity contribution in [2.75, 3.05) is 4.72 Å². The summed E-state index contributed by atoms with van der Waals surface area (Å²) in [5, 5.41) is 0. The number of hydrogen-bond acceptors (Lipinski definition) is 4. The number of furan rings is 1. The number of rotatable bonds is 4. The lowest BCUT2D eigenvalue weighted by Gasteiger charge is -2.08. The number of halogens is 3. The molecule has 108 valence electrons. The standard InChI is InChI=1S/C11H9Br2FN2O3S/c12-8-2-1-6(14)3-9(8)16-20(17,18)10-4-7(5-15)19-11(10)13/h1-4,16H,5,15H2. The number of sulfonamides is 1. The molecular formula is C11H9Br2FN2O3S. The van der Waals surface area contributed by atoms with Crippen molar-refractivity contribution < 1.29 is 17.2 Å². The molecule has 0 saturated heterocycles. The van der Waals surface area contributed by atoms with Crippen molar-refractivity contribution in [3.05, 3.63) is 45.0 Å². The molecule has 9 heteroatoms. The Kier molecular flexibility index (Phi) is 4.52. The normalized spacial score (nSPS) is 11.6. The van der Waals surface area contributed by atoms with Crippen LogP contribution in [0.15, 0.2) is 42.7 Å². The van der Waals surface area contributed by atoms with Crippen molar-refractivity contribution in [2.24, 2.45) is 5.73 Å². The molecular weight excluding hydrogens is 419 g/mol. The predicted octanol–water partition coefficient (Wildman–Crippen LogP) is 3.20. The molecule has 0 amide bonds. The van der Waals surface area contributed by atoms with Gasteiger partial charge in [-0.05, 0) is 50.1 Å². The molecule has 1 heterocycles. The van der Waals surface area contributed by atoms with E-state index in [-0.39, 0.29) is 21.8 Å². The highest BCUT2D eigenvalue weighted by molar-refractivity contribution is 9.10. The largest absolute Gasteiger partial charge is 0.452 e. The summed E-state index contributed by atoms with van der Waals surface area (Å²) < 4.78 is 45.5. The first-order chi connectivity index (χ1) is 9.33. The average molecular weight is 428 g/mol. The number of hydrogen-bond donors (Lipinski definition) is 2. The molecule has 0 spiro atoms. The zero-order valence-electron chi connectivity index (χ0n) is 9.86. The van der Waals surface area contributed by atoms with Crippen LogP contribution in [0, 0.1) is 5.82 Å². The summed E-state index contributed by atoms with van der Waals surface area (Å²) in [6.07, 6.45) is 0. The van der Waals surface area contributed by atoms with E-state index in [4.69, 9.17) is 10.2 Å². The third-order valence-electron chi connectivity index (χ3n) is 2.37. The lowest BCUT2D eigenvalue weighted by molar-refractivity contribution is 0.484. The monoisotopic (exact) mass is 426 g/mol. The Labute approximate surface area is 131 Å². The van der Waals surface area contributed by atoms with Gasteiger partial charge < -0.3 is 10.2 Å². The van der Waals surface area contributed by atoms with E-state index >= 15 is 0 Å².